The van der Waals surface area contributed by atoms with E-state index in [9.17, 15) is 0 Å². The molecule has 0 radical (unpaired) electrons. The van der Waals surface area contributed by atoms with Crippen molar-refractivity contribution in [2.75, 3.05) is 19.0 Å². The Morgan fingerprint density at radius 2 is 2.33 bits per heavy atom. The summed E-state index contributed by atoms with van der Waals surface area (Å²) < 4.78 is 5.20. The molecule has 1 N–H and O–H groups in total. The predicted molar refractivity (Wildman–Crippen MR) is 61.3 cm³/mol. The fraction of sp³-hybridized carbons (Fsp3) is 0.800. The highest BCUT2D eigenvalue weighted by atomic mass is 32.1. The molecule has 1 aliphatic carbocycles. The van der Waals surface area contributed by atoms with Crippen molar-refractivity contribution in [1.29, 1.82) is 0 Å². The molecule has 0 bridgehead atoms. The van der Waals surface area contributed by atoms with Crippen LogP contribution in [0.25, 0.3) is 0 Å². The zero-order valence-corrected chi connectivity index (χ0v) is 10.0. The van der Waals surface area contributed by atoms with Gasteiger partial charge in [0.25, 0.3) is 0 Å². The molecule has 4 nitrogen and oxygen atoms in total. The van der Waals surface area contributed by atoms with Gasteiger partial charge < -0.3 is 10.1 Å². The Balaban J connectivity index is 1.92. The Morgan fingerprint density at radius 3 is 2.87 bits per heavy atom. The second-order valence-corrected chi connectivity index (χ2v) is 4.96. The van der Waals surface area contributed by atoms with Gasteiger partial charge in [-0.05, 0) is 25.2 Å². The van der Waals surface area contributed by atoms with E-state index in [1.807, 2.05) is 0 Å². The van der Waals surface area contributed by atoms with E-state index in [1.54, 1.807) is 18.4 Å². The van der Waals surface area contributed by atoms with E-state index in [0.29, 0.717) is 6.04 Å². The molecule has 0 spiro atoms. The Morgan fingerprint density at radius 1 is 1.53 bits per heavy atom. The summed E-state index contributed by atoms with van der Waals surface area (Å²) in [5.41, 5.74) is 0. The zero-order valence-electron chi connectivity index (χ0n) is 9.19. The highest BCUT2D eigenvalue weighted by Crippen LogP contribution is 2.34. The molecule has 1 heterocycles. The number of aromatic nitrogens is 2. The van der Waals surface area contributed by atoms with E-state index in [0.717, 1.165) is 29.1 Å². The number of ether oxygens (including phenoxy) is 1. The first kappa shape index (κ1) is 10.8. The summed E-state index contributed by atoms with van der Waals surface area (Å²) in [6.45, 7) is 2.85. The van der Waals surface area contributed by atoms with Gasteiger partial charge in [0.2, 0.25) is 5.13 Å². The van der Waals surface area contributed by atoms with Crippen molar-refractivity contribution in [3.05, 3.63) is 5.01 Å². The Bertz CT molecular complexity index is 311. The number of hydrogen-bond acceptors (Lipinski definition) is 5. The quantitative estimate of drug-likeness (QED) is 0.806. The molecule has 15 heavy (non-hydrogen) atoms. The molecule has 1 aromatic heterocycles. The summed E-state index contributed by atoms with van der Waals surface area (Å²) in [5.74, 6) is 0.763. The largest absolute Gasteiger partial charge is 0.383 e. The van der Waals surface area contributed by atoms with Gasteiger partial charge in [-0.1, -0.05) is 18.3 Å². The van der Waals surface area contributed by atoms with Crippen LogP contribution in [0.15, 0.2) is 0 Å². The van der Waals surface area contributed by atoms with Crippen LogP contribution in [0.1, 0.15) is 24.8 Å². The van der Waals surface area contributed by atoms with Crippen molar-refractivity contribution in [3.63, 3.8) is 0 Å². The van der Waals surface area contributed by atoms with Crippen LogP contribution in [0.3, 0.4) is 0 Å². The maximum atomic E-state index is 5.20. The van der Waals surface area contributed by atoms with Gasteiger partial charge in [0.15, 0.2) is 0 Å². The molecular formula is C10H17N3OS. The predicted octanol–water partition coefficient (Wildman–Crippen LogP) is 1.94. The first-order chi connectivity index (χ1) is 7.33. The lowest BCUT2D eigenvalue weighted by Gasteiger charge is -2.15. The molecule has 1 aromatic rings. The number of rotatable bonds is 6. The average Bonchev–Trinajstić information content (AvgIpc) is 2.99. The number of aryl methyl sites for hydroxylation is 1. The molecule has 5 heteroatoms. The molecule has 0 saturated heterocycles. The summed E-state index contributed by atoms with van der Waals surface area (Å²) in [6.07, 6.45) is 3.57. The maximum absolute atomic E-state index is 5.20. The lowest BCUT2D eigenvalue weighted by atomic mass is 10.2. The van der Waals surface area contributed by atoms with E-state index in [1.165, 1.54) is 12.8 Å². The smallest absolute Gasteiger partial charge is 0.205 e. The van der Waals surface area contributed by atoms with Gasteiger partial charge in [0.1, 0.15) is 5.01 Å². The van der Waals surface area contributed by atoms with Crippen LogP contribution in [-0.4, -0.2) is 30.0 Å². The first-order valence-electron chi connectivity index (χ1n) is 5.41. The summed E-state index contributed by atoms with van der Waals surface area (Å²) in [6, 6.07) is 0.410. The van der Waals surface area contributed by atoms with E-state index >= 15 is 0 Å². The second kappa shape index (κ2) is 4.90. The number of anilines is 1. The average molecular weight is 227 g/mol. The molecule has 0 aromatic carbocycles. The lowest BCUT2D eigenvalue weighted by Crippen LogP contribution is -2.27. The van der Waals surface area contributed by atoms with E-state index < -0.39 is 0 Å². The zero-order chi connectivity index (χ0) is 10.7. The highest BCUT2D eigenvalue weighted by Gasteiger charge is 2.31. The molecule has 1 unspecified atom stereocenters. The SMILES string of the molecule is CCc1nnc(NC(COC)C2CC2)s1. The third-order valence-corrected chi connectivity index (χ3v) is 3.61. The summed E-state index contributed by atoms with van der Waals surface area (Å²) >= 11 is 1.64. The molecule has 1 aliphatic rings. The third-order valence-electron chi connectivity index (χ3n) is 2.62. The molecule has 1 saturated carbocycles. The Labute approximate surface area is 94.1 Å². The van der Waals surface area contributed by atoms with Crippen LogP contribution in [0, 0.1) is 5.92 Å². The fourth-order valence-electron chi connectivity index (χ4n) is 1.59. The molecule has 0 aliphatic heterocycles. The van der Waals surface area contributed by atoms with Gasteiger partial charge in [-0.15, -0.1) is 10.2 Å². The number of hydrogen-bond donors (Lipinski definition) is 1. The van der Waals surface area contributed by atoms with Crippen LogP contribution in [0.2, 0.25) is 0 Å². The van der Waals surface area contributed by atoms with Crippen molar-refractivity contribution >= 4 is 16.5 Å². The minimum Gasteiger partial charge on any atom is -0.383 e. The van der Waals surface area contributed by atoms with Gasteiger partial charge in [0.05, 0.1) is 12.6 Å². The van der Waals surface area contributed by atoms with Crippen molar-refractivity contribution < 1.29 is 4.74 Å². The first-order valence-corrected chi connectivity index (χ1v) is 6.23. The van der Waals surface area contributed by atoms with Crippen molar-refractivity contribution in [1.82, 2.24) is 10.2 Å². The monoisotopic (exact) mass is 227 g/mol. The summed E-state index contributed by atoms with van der Waals surface area (Å²) in [5, 5.41) is 13.6. The van der Waals surface area contributed by atoms with Gasteiger partial charge in [-0.2, -0.15) is 0 Å². The normalized spacial score (nSPS) is 17.7. The minimum atomic E-state index is 0.410. The van der Waals surface area contributed by atoms with Crippen molar-refractivity contribution in [3.8, 4) is 0 Å². The van der Waals surface area contributed by atoms with Gasteiger partial charge in [0, 0.05) is 7.11 Å². The van der Waals surface area contributed by atoms with E-state index in [2.05, 4.69) is 22.4 Å². The van der Waals surface area contributed by atoms with Crippen LogP contribution >= 0.6 is 11.3 Å². The topological polar surface area (TPSA) is 47.0 Å². The minimum absolute atomic E-state index is 0.410. The van der Waals surface area contributed by atoms with Gasteiger partial charge in [-0.25, -0.2) is 0 Å². The van der Waals surface area contributed by atoms with Crippen LogP contribution < -0.4 is 5.32 Å². The fourth-order valence-corrected chi connectivity index (χ4v) is 2.33. The summed E-state index contributed by atoms with van der Waals surface area (Å²) in [7, 11) is 1.74. The van der Waals surface area contributed by atoms with Crippen molar-refractivity contribution in [2.45, 2.75) is 32.2 Å². The molecule has 1 fully saturated rings. The van der Waals surface area contributed by atoms with Crippen LogP contribution in [0.5, 0.6) is 0 Å². The molecule has 1 atom stereocenters. The molecule has 0 amide bonds. The Kier molecular flexibility index (Phi) is 3.53. The highest BCUT2D eigenvalue weighted by molar-refractivity contribution is 7.15. The van der Waals surface area contributed by atoms with E-state index in [4.69, 9.17) is 4.74 Å². The van der Waals surface area contributed by atoms with Gasteiger partial charge >= 0.3 is 0 Å². The molecule has 2 rings (SSSR count). The Hall–Kier alpha value is -0.680. The number of methoxy groups -OCH3 is 1. The maximum Gasteiger partial charge on any atom is 0.205 e. The number of nitrogens with one attached hydrogen (secondary N) is 1. The molecule has 84 valence electrons. The van der Waals surface area contributed by atoms with Crippen molar-refractivity contribution in [2.24, 2.45) is 5.92 Å². The third kappa shape index (κ3) is 2.89. The number of nitrogens with zero attached hydrogens (tertiary/aromatic N) is 2. The van der Waals surface area contributed by atoms with Crippen LogP contribution in [-0.2, 0) is 11.2 Å². The summed E-state index contributed by atoms with van der Waals surface area (Å²) in [4.78, 5) is 0. The van der Waals surface area contributed by atoms with Gasteiger partial charge in [-0.3, -0.25) is 0 Å². The second-order valence-electron chi connectivity index (χ2n) is 3.90. The standard InChI is InChI=1S/C10H17N3OS/c1-3-9-12-13-10(15-9)11-8(6-14-2)7-4-5-7/h7-8H,3-6H2,1-2H3,(H,11,13). The lowest BCUT2D eigenvalue weighted by molar-refractivity contribution is 0.179. The molecular weight excluding hydrogens is 210 g/mol. The van der Waals surface area contributed by atoms with Crippen LogP contribution in [0.4, 0.5) is 5.13 Å². The van der Waals surface area contributed by atoms with E-state index in [-0.39, 0.29) is 0 Å².